The fraction of sp³-hybridized carbons (Fsp3) is 1.00. The van der Waals surface area contributed by atoms with Crippen LogP contribution in [0.4, 0.5) is 0 Å². The molecule has 3 nitrogen and oxygen atoms in total. The molecule has 0 bridgehead atoms. The van der Waals surface area contributed by atoms with Crippen molar-refractivity contribution in [2.75, 3.05) is 46.9 Å². The summed E-state index contributed by atoms with van der Waals surface area (Å²) in [6.07, 6.45) is 1.17. The molecule has 0 radical (unpaired) electrons. The molecule has 0 aliphatic carbocycles. The summed E-state index contributed by atoms with van der Waals surface area (Å²) in [5.41, 5.74) is 0. The van der Waals surface area contributed by atoms with Gasteiger partial charge in [-0.1, -0.05) is 13.8 Å². The van der Waals surface area contributed by atoms with E-state index in [0.29, 0.717) is 0 Å². The molecular formula is C11H26N2O. The summed E-state index contributed by atoms with van der Waals surface area (Å²) in [6.45, 7) is 9.36. The Balaban J connectivity index is 3.10. The molecule has 0 heterocycles. The number of hydrogen-bond donors (Lipinski definition) is 1. The third-order valence-electron chi connectivity index (χ3n) is 2.20. The average Bonchev–Trinajstić information content (AvgIpc) is 2.13. The number of hydrogen-bond acceptors (Lipinski definition) is 3. The van der Waals surface area contributed by atoms with Crippen molar-refractivity contribution >= 4 is 0 Å². The summed E-state index contributed by atoms with van der Waals surface area (Å²) < 4.78 is 5.53. The third kappa shape index (κ3) is 9.96. The van der Waals surface area contributed by atoms with E-state index >= 15 is 0 Å². The molecule has 0 atom stereocenters. The van der Waals surface area contributed by atoms with Crippen LogP contribution in [0.5, 0.6) is 0 Å². The Bertz CT molecular complexity index is 118. The van der Waals surface area contributed by atoms with E-state index in [-0.39, 0.29) is 0 Å². The first-order valence-electron chi connectivity index (χ1n) is 5.57. The van der Waals surface area contributed by atoms with Crippen LogP contribution in [-0.4, -0.2) is 51.8 Å². The van der Waals surface area contributed by atoms with Gasteiger partial charge in [0, 0.05) is 26.2 Å². The molecule has 86 valence electrons. The first-order valence-corrected chi connectivity index (χ1v) is 5.57. The van der Waals surface area contributed by atoms with Gasteiger partial charge in [0.2, 0.25) is 0 Å². The molecule has 0 aliphatic heterocycles. The van der Waals surface area contributed by atoms with E-state index in [4.69, 9.17) is 4.74 Å². The van der Waals surface area contributed by atoms with Gasteiger partial charge in [-0.3, -0.25) is 0 Å². The van der Waals surface area contributed by atoms with Crippen molar-refractivity contribution in [3.8, 4) is 0 Å². The van der Waals surface area contributed by atoms with E-state index < -0.39 is 0 Å². The van der Waals surface area contributed by atoms with Gasteiger partial charge in [0.05, 0.1) is 6.61 Å². The Morgan fingerprint density at radius 1 is 1.21 bits per heavy atom. The maximum absolute atomic E-state index is 5.53. The van der Waals surface area contributed by atoms with Gasteiger partial charge in [-0.05, 0) is 26.4 Å². The fourth-order valence-corrected chi connectivity index (χ4v) is 1.06. The summed E-state index contributed by atoms with van der Waals surface area (Å²) in [5.74, 6) is 0.747. The van der Waals surface area contributed by atoms with Gasteiger partial charge < -0.3 is 15.0 Å². The summed E-state index contributed by atoms with van der Waals surface area (Å²) in [4.78, 5) is 2.28. The van der Waals surface area contributed by atoms with E-state index in [1.807, 2.05) is 7.05 Å². The van der Waals surface area contributed by atoms with Crippen molar-refractivity contribution in [2.24, 2.45) is 5.92 Å². The van der Waals surface area contributed by atoms with Gasteiger partial charge in [0.25, 0.3) is 0 Å². The average molecular weight is 202 g/mol. The molecule has 0 aromatic rings. The highest BCUT2D eigenvalue weighted by atomic mass is 16.5. The second-order valence-corrected chi connectivity index (χ2v) is 4.20. The molecule has 0 rings (SSSR count). The van der Waals surface area contributed by atoms with Crippen molar-refractivity contribution in [1.29, 1.82) is 0 Å². The normalized spacial score (nSPS) is 11.6. The second kappa shape index (κ2) is 9.44. The Labute approximate surface area is 88.8 Å². The van der Waals surface area contributed by atoms with E-state index in [9.17, 15) is 0 Å². The lowest BCUT2D eigenvalue weighted by atomic mass is 10.1. The minimum atomic E-state index is 0.747. The molecule has 0 fully saturated rings. The van der Waals surface area contributed by atoms with Gasteiger partial charge >= 0.3 is 0 Å². The second-order valence-electron chi connectivity index (χ2n) is 4.20. The predicted octanol–water partition coefficient (Wildman–Crippen LogP) is 1.20. The maximum atomic E-state index is 5.53. The molecule has 3 heteroatoms. The molecule has 0 aliphatic rings. The van der Waals surface area contributed by atoms with Crippen LogP contribution in [0.3, 0.4) is 0 Å². The maximum Gasteiger partial charge on any atom is 0.0593 e. The Hall–Kier alpha value is -0.120. The van der Waals surface area contributed by atoms with Gasteiger partial charge in [0.15, 0.2) is 0 Å². The van der Waals surface area contributed by atoms with Crippen LogP contribution in [0.25, 0.3) is 0 Å². The smallest absolute Gasteiger partial charge is 0.0593 e. The van der Waals surface area contributed by atoms with Crippen LogP contribution in [0.15, 0.2) is 0 Å². The van der Waals surface area contributed by atoms with Gasteiger partial charge in [-0.15, -0.1) is 0 Å². The fourth-order valence-electron chi connectivity index (χ4n) is 1.06. The van der Waals surface area contributed by atoms with Gasteiger partial charge in [-0.2, -0.15) is 0 Å². The first-order chi connectivity index (χ1) is 6.66. The van der Waals surface area contributed by atoms with E-state index in [2.05, 4.69) is 31.1 Å². The molecule has 1 N–H and O–H groups in total. The largest absolute Gasteiger partial charge is 0.380 e. The van der Waals surface area contributed by atoms with Crippen LogP contribution < -0.4 is 5.32 Å². The molecule has 0 unspecified atom stereocenters. The molecule has 0 spiro atoms. The van der Waals surface area contributed by atoms with Crippen LogP contribution in [0.2, 0.25) is 0 Å². The lowest BCUT2D eigenvalue weighted by molar-refractivity contribution is 0.103. The minimum Gasteiger partial charge on any atom is -0.380 e. The number of likely N-dealkylation sites (N-methyl/N-ethyl adjacent to an activating group) is 2. The van der Waals surface area contributed by atoms with Crippen molar-refractivity contribution < 1.29 is 4.74 Å². The van der Waals surface area contributed by atoms with Crippen molar-refractivity contribution in [3.63, 3.8) is 0 Å². The zero-order chi connectivity index (χ0) is 10.8. The lowest BCUT2D eigenvalue weighted by Gasteiger charge is -2.16. The SMILES string of the molecule is CNCCN(C)CCOCCC(C)C. The standard InChI is InChI=1S/C11H26N2O/c1-11(2)5-9-14-10-8-13(4)7-6-12-3/h11-12H,5-10H2,1-4H3. The molecule has 0 amide bonds. The Kier molecular flexibility index (Phi) is 9.35. The zero-order valence-electron chi connectivity index (χ0n) is 10.2. The third-order valence-corrected chi connectivity index (χ3v) is 2.20. The topological polar surface area (TPSA) is 24.5 Å². The van der Waals surface area contributed by atoms with E-state index in [1.54, 1.807) is 0 Å². The Morgan fingerprint density at radius 2 is 1.93 bits per heavy atom. The van der Waals surface area contributed by atoms with Crippen LogP contribution in [0, 0.1) is 5.92 Å². The summed E-state index contributed by atoms with van der Waals surface area (Å²) in [6, 6.07) is 0. The summed E-state index contributed by atoms with van der Waals surface area (Å²) in [7, 11) is 4.11. The number of nitrogens with one attached hydrogen (secondary N) is 1. The molecule has 0 aromatic heterocycles. The van der Waals surface area contributed by atoms with Gasteiger partial charge in [-0.25, -0.2) is 0 Å². The zero-order valence-corrected chi connectivity index (χ0v) is 10.2. The highest BCUT2D eigenvalue weighted by Crippen LogP contribution is 1.98. The quantitative estimate of drug-likeness (QED) is 0.569. The molecule has 0 aromatic carbocycles. The number of ether oxygens (including phenoxy) is 1. The highest BCUT2D eigenvalue weighted by Gasteiger charge is 1.97. The monoisotopic (exact) mass is 202 g/mol. The van der Waals surface area contributed by atoms with Crippen molar-refractivity contribution in [2.45, 2.75) is 20.3 Å². The minimum absolute atomic E-state index is 0.747. The predicted molar refractivity (Wildman–Crippen MR) is 61.7 cm³/mol. The summed E-state index contributed by atoms with van der Waals surface area (Å²) in [5, 5.41) is 3.13. The lowest BCUT2D eigenvalue weighted by Crippen LogP contribution is -2.30. The highest BCUT2D eigenvalue weighted by molar-refractivity contribution is 4.52. The first kappa shape index (κ1) is 13.9. The van der Waals surface area contributed by atoms with E-state index in [0.717, 1.165) is 38.8 Å². The van der Waals surface area contributed by atoms with Gasteiger partial charge in [0.1, 0.15) is 0 Å². The van der Waals surface area contributed by atoms with Crippen molar-refractivity contribution in [3.05, 3.63) is 0 Å². The van der Waals surface area contributed by atoms with Crippen molar-refractivity contribution in [1.82, 2.24) is 10.2 Å². The molecule has 0 saturated heterocycles. The molecular weight excluding hydrogens is 176 g/mol. The molecule has 14 heavy (non-hydrogen) atoms. The number of nitrogens with zero attached hydrogens (tertiary/aromatic N) is 1. The molecule has 0 saturated carbocycles. The number of rotatable bonds is 9. The summed E-state index contributed by atoms with van der Waals surface area (Å²) >= 11 is 0. The van der Waals surface area contributed by atoms with Crippen LogP contribution in [0.1, 0.15) is 20.3 Å². The van der Waals surface area contributed by atoms with Crippen LogP contribution in [-0.2, 0) is 4.74 Å². The van der Waals surface area contributed by atoms with E-state index in [1.165, 1.54) is 6.42 Å². The van der Waals surface area contributed by atoms with Crippen LogP contribution >= 0.6 is 0 Å². The Morgan fingerprint density at radius 3 is 2.50 bits per heavy atom.